The Labute approximate surface area is 173 Å². The van der Waals surface area contributed by atoms with Crippen LogP contribution in [0.25, 0.3) is 0 Å². The van der Waals surface area contributed by atoms with Crippen LogP contribution in [-0.4, -0.2) is 41.2 Å². The molecule has 0 spiro atoms. The quantitative estimate of drug-likeness (QED) is 0.677. The number of para-hydroxylation sites is 1. The minimum Gasteiger partial charge on any atom is -0.491 e. The monoisotopic (exact) mass is 418 g/mol. The number of aliphatic hydroxyl groups is 1. The fourth-order valence-electron chi connectivity index (χ4n) is 3.46. The molecule has 0 unspecified atom stereocenters. The summed E-state index contributed by atoms with van der Waals surface area (Å²) < 4.78 is 33.5. The van der Waals surface area contributed by atoms with E-state index in [1.165, 1.54) is 6.92 Å². The number of β-amino-alcohol motifs (C(OH)–C–C–N with tert-alkyl or cyclic N) is 1. The first kappa shape index (κ1) is 21.7. The Kier molecular flexibility index (Phi) is 6.07. The van der Waals surface area contributed by atoms with Crippen LogP contribution < -0.4 is 10.1 Å². The van der Waals surface area contributed by atoms with E-state index in [1.807, 2.05) is 32.0 Å². The van der Waals surface area contributed by atoms with E-state index in [2.05, 4.69) is 5.32 Å². The smallest absolute Gasteiger partial charge is 0.325 e. The molecule has 160 valence electrons. The molecule has 2 N–H and O–H groups in total. The van der Waals surface area contributed by atoms with Gasteiger partial charge in [0.1, 0.15) is 35.6 Å². The van der Waals surface area contributed by atoms with Crippen LogP contribution in [0.2, 0.25) is 0 Å². The number of hydrogen-bond acceptors (Lipinski definition) is 4. The second kappa shape index (κ2) is 8.39. The first-order valence-corrected chi connectivity index (χ1v) is 9.63. The van der Waals surface area contributed by atoms with Crippen LogP contribution in [0.4, 0.5) is 13.6 Å². The molecule has 30 heavy (non-hydrogen) atoms. The number of rotatable bonds is 7. The minimum atomic E-state index is -1.77. The highest BCUT2D eigenvalue weighted by molar-refractivity contribution is 6.07. The van der Waals surface area contributed by atoms with Gasteiger partial charge in [0.05, 0.1) is 6.54 Å². The molecule has 2 atom stereocenters. The van der Waals surface area contributed by atoms with Gasteiger partial charge in [0.25, 0.3) is 5.91 Å². The molecule has 3 rings (SSSR count). The second-order valence-corrected chi connectivity index (χ2v) is 7.75. The predicted octanol–water partition coefficient (Wildman–Crippen LogP) is 3.30. The molecule has 1 aliphatic rings. The van der Waals surface area contributed by atoms with Gasteiger partial charge in [0.2, 0.25) is 0 Å². The van der Waals surface area contributed by atoms with Crippen LogP contribution in [0.5, 0.6) is 5.75 Å². The maximum Gasteiger partial charge on any atom is 0.325 e. The third-order valence-corrected chi connectivity index (χ3v) is 5.11. The van der Waals surface area contributed by atoms with Gasteiger partial charge in [0.15, 0.2) is 0 Å². The summed E-state index contributed by atoms with van der Waals surface area (Å²) >= 11 is 0. The summed E-state index contributed by atoms with van der Waals surface area (Å²) in [6, 6.07) is 9.29. The van der Waals surface area contributed by atoms with E-state index in [0.29, 0.717) is 5.75 Å². The maximum atomic E-state index is 14.2. The summed E-state index contributed by atoms with van der Waals surface area (Å²) in [6.45, 7) is 4.83. The average Bonchev–Trinajstić information content (AvgIpc) is 2.92. The van der Waals surface area contributed by atoms with Crippen LogP contribution in [-0.2, 0) is 10.3 Å². The van der Waals surface area contributed by atoms with Gasteiger partial charge in [-0.15, -0.1) is 0 Å². The molecule has 3 amide bonds. The predicted molar refractivity (Wildman–Crippen MR) is 106 cm³/mol. The molecule has 0 aliphatic carbocycles. The third-order valence-electron chi connectivity index (χ3n) is 5.11. The van der Waals surface area contributed by atoms with Gasteiger partial charge in [-0.05, 0) is 42.7 Å². The van der Waals surface area contributed by atoms with Crippen LogP contribution in [0.3, 0.4) is 0 Å². The number of halogens is 2. The van der Waals surface area contributed by atoms with Gasteiger partial charge in [-0.1, -0.05) is 32.0 Å². The molecule has 0 radical (unpaired) electrons. The van der Waals surface area contributed by atoms with Crippen molar-refractivity contribution in [3.05, 3.63) is 65.2 Å². The minimum absolute atomic E-state index is 0.147. The number of urea groups is 1. The molecular formula is C22H24F2N2O4. The van der Waals surface area contributed by atoms with Gasteiger partial charge in [-0.2, -0.15) is 0 Å². The number of nitrogens with one attached hydrogen (secondary N) is 1. The van der Waals surface area contributed by atoms with Gasteiger partial charge in [-0.25, -0.2) is 13.6 Å². The number of amides is 3. The summed E-state index contributed by atoms with van der Waals surface area (Å²) in [5.41, 5.74) is -1.08. The van der Waals surface area contributed by atoms with E-state index in [-0.39, 0.29) is 24.6 Å². The first-order chi connectivity index (χ1) is 14.1. The van der Waals surface area contributed by atoms with Gasteiger partial charge >= 0.3 is 6.03 Å². The summed E-state index contributed by atoms with van der Waals surface area (Å²) in [6.07, 6.45) is -1.17. The van der Waals surface area contributed by atoms with Crippen molar-refractivity contribution in [1.82, 2.24) is 10.2 Å². The van der Waals surface area contributed by atoms with E-state index < -0.39 is 35.2 Å². The average molecular weight is 418 g/mol. The number of aliphatic hydroxyl groups excluding tert-OH is 1. The zero-order chi connectivity index (χ0) is 22.1. The summed E-state index contributed by atoms with van der Waals surface area (Å²) in [5.74, 6) is -1.51. The second-order valence-electron chi connectivity index (χ2n) is 7.75. The number of imide groups is 1. The molecule has 1 fully saturated rings. The topological polar surface area (TPSA) is 78.9 Å². The SMILES string of the molecule is CC(C)c1ccccc1OC[C@H](O)CN1C(=O)N[C@](C)(c2cc(F)ccc2F)C1=O. The molecule has 0 bridgehead atoms. The normalized spacial score (nSPS) is 19.9. The van der Waals surface area contributed by atoms with Crippen LogP contribution in [0.1, 0.15) is 37.8 Å². The lowest BCUT2D eigenvalue weighted by Gasteiger charge is -2.23. The third kappa shape index (κ3) is 4.14. The number of ether oxygens (including phenoxy) is 1. The molecule has 8 heteroatoms. The van der Waals surface area contributed by atoms with Crippen molar-refractivity contribution in [1.29, 1.82) is 0 Å². The number of carbonyl (C=O) groups is 2. The Morgan fingerprint density at radius 3 is 2.57 bits per heavy atom. The van der Waals surface area contributed by atoms with Crippen molar-refractivity contribution in [2.45, 2.75) is 38.3 Å². The molecule has 2 aromatic rings. The van der Waals surface area contributed by atoms with Crippen LogP contribution in [0.15, 0.2) is 42.5 Å². The lowest BCUT2D eigenvalue weighted by molar-refractivity contribution is -0.132. The lowest BCUT2D eigenvalue weighted by Crippen LogP contribution is -2.43. The first-order valence-electron chi connectivity index (χ1n) is 9.63. The van der Waals surface area contributed by atoms with E-state index in [1.54, 1.807) is 6.07 Å². The van der Waals surface area contributed by atoms with E-state index >= 15 is 0 Å². The van der Waals surface area contributed by atoms with Gasteiger partial charge in [-0.3, -0.25) is 9.69 Å². The van der Waals surface area contributed by atoms with Crippen LogP contribution in [0, 0.1) is 11.6 Å². The zero-order valence-corrected chi connectivity index (χ0v) is 17.0. The Morgan fingerprint density at radius 1 is 1.17 bits per heavy atom. The molecule has 6 nitrogen and oxygen atoms in total. The van der Waals surface area contributed by atoms with Crippen molar-refractivity contribution in [3.8, 4) is 5.75 Å². The van der Waals surface area contributed by atoms with Crippen molar-refractivity contribution >= 4 is 11.9 Å². The standard InChI is InChI=1S/C22H24F2N2O4/c1-13(2)16-6-4-5-7-19(16)30-12-15(27)11-26-20(28)22(3,25-21(26)29)17-10-14(23)8-9-18(17)24/h4-10,13,15,27H,11-12H2,1-3H3,(H,25,29)/t15-,22-/m1/s1. The lowest BCUT2D eigenvalue weighted by atomic mass is 9.91. The number of carbonyl (C=O) groups excluding carboxylic acids is 2. The van der Waals surface area contributed by atoms with Crippen molar-refractivity contribution in [3.63, 3.8) is 0 Å². The molecule has 0 saturated carbocycles. The van der Waals surface area contributed by atoms with E-state index in [0.717, 1.165) is 28.7 Å². The van der Waals surface area contributed by atoms with E-state index in [4.69, 9.17) is 4.74 Å². The molecule has 1 aliphatic heterocycles. The largest absolute Gasteiger partial charge is 0.491 e. The van der Waals surface area contributed by atoms with Crippen molar-refractivity contribution in [2.75, 3.05) is 13.2 Å². The van der Waals surface area contributed by atoms with Crippen LogP contribution >= 0.6 is 0 Å². The highest BCUT2D eigenvalue weighted by Gasteiger charge is 2.50. The fourth-order valence-corrected chi connectivity index (χ4v) is 3.46. The Morgan fingerprint density at radius 2 is 1.87 bits per heavy atom. The van der Waals surface area contributed by atoms with Crippen molar-refractivity contribution in [2.24, 2.45) is 0 Å². The molecule has 1 heterocycles. The Hall–Kier alpha value is -3.00. The highest BCUT2D eigenvalue weighted by Crippen LogP contribution is 2.31. The number of nitrogens with zero attached hydrogens (tertiary/aromatic N) is 1. The Balaban J connectivity index is 1.71. The van der Waals surface area contributed by atoms with Gasteiger partial charge in [0, 0.05) is 5.56 Å². The fraction of sp³-hybridized carbons (Fsp3) is 0.364. The Bertz CT molecular complexity index is 966. The van der Waals surface area contributed by atoms with E-state index in [9.17, 15) is 23.5 Å². The summed E-state index contributed by atoms with van der Waals surface area (Å²) in [4.78, 5) is 26.0. The summed E-state index contributed by atoms with van der Waals surface area (Å²) in [7, 11) is 0. The summed E-state index contributed by atoms with van der Waals surface area (Å²) in [5, 5.41) is 12.7. The van der Waals surface area contributed by atoms with Gasteiger partial charge < -0.3 is 15.2 Å². The molecule has 0 aromatic heterocycles. The number of hydrogen-bond donors (Lipinski definition) is 2. The molecule has 2 aromatic carbocycles. The molecule has 1 saturated heterocycles. The molecular weight excluding hydrogens is 394 g/mol. The maximum absolute atomic E-state index is 14.2. The van der Waals surface area contributed by atoms with Crippen molar-refractivity contribution < 1.29 is 28.2 Å². The zero-order valence-electron chi connectivity index (χ0n) is 17.0. The number of benzene rings is 2. The highest BCUT2D eigenvalue weighted by atomic mass is 19.1.